The Morgan fingerprint density at radius 2 is 1.45 bits per heavy atom. The Balaban J connectivity index is 0.000000220. The molecule has 0 aliphatic heterocycles. The number of phenolic OH excluding ortho intramolecular Hbond substituents is 2. The monoisotopic (exact) mass is 428 g/mol. The Morgan fingerprint density at radius 3 is 1.91 bits per heavy atom. The Hall–Kier alpha value is -1.00. The van der Waals surface area contributed by atoms with E-state index in [-0.39, 0.29) is 0 Å². The van der Waals surface area contributed by atoms with Crippen molar-refractivity contribution in [3.63, 3.8) is 0 Å². The van der Waals surface area contributed by atoms with Crippen LogP contribution in [0.25, 0.3) is 0 Å². The number of halogens is 2. The Labute approximate surface area is 149 Å². The highest BCUT2D eigenvalue weighted by Crippen LogP contribution is 2.31. The van der Waals surface area contributed by atoms with Crippen molar-refractivity contribution in [1.29, 1.82) is 0 Å². The van der Waals surface area contributed by atoms with Gasteiger partial charge < -0.3 is 10.2 Å². The molecular weight excluding hydrogens is 408 g/mol. The second kappa shape index (κ2) is 8.59. The first-order chi connectivity index (χ1) is 10.2. The van der Waals surface area contributed by atoms with Crippen molar-refractivity contribution in [2.24, 2.45) is 0 Å². The van der Waals surface area contributed by atoms with Gasteiger partial charge in [0.25, 0.3) is 0 Å². The summed E-state index contributed by atoms with van der Waals surface area (Å²) in [5.74, 6) is 1.54. The Morgan fingerprint density at radius 1 is 0.818 bits per heavy atom. The number of hydrogen-bond donors (Lipinski definition) is 2. The molecule has 0 bridgehead atoms. The van der Waals surface area contributed by atoms with Crippen LogP contribution in [0.15, 0.2) is 45.3 Å². The lowest BCUT2D eigenvalue weighted by Gasteiger charge is -2.08. The minimum Gasteiger partial charge on any atom is -0.507 e. The molecule has 0 fully saturated rings. The number of aromatic hydroxyl groups is 2. The molecule has 2 rings (SSSR count). The first kappa shape index (κ1) is 19.0. The van der Waals surface area contributed by atoms with Crippen LogP contribution in [0.2, 0.25) is 0 Å². The molecule has 2 aromatic carbocycles. The van der Waals surface area contributed by atoms with Crippen LogP contribution in [0, 0.1) is 0 Å². The standard InChI is InChI=1S/2C9H11BrO/c1-6(2)7-3-4-8(10)9(11)5-7;1-6(2)7-4-3-5-8(11)9(7)10/h2*3-6,11H,1-2H3. The normalized spacial score (nSPS) is 10.5. The van der Waals surface area contributed by atoms with Crippen LogP contribution in [-0.2, 0) is 0 Å². The summed E-state index contributed by atoms with van der Waals surface area (Å²) in [5.41, 5.74) is 2.30. The summed E-state index contributed by atoms with van der Waals surface area (Å²) in [7, 11) is 0. The highest BCUT2D eigenvalue weighted by atomic mass is 79.9. The van der Waals surface area contributed by atoms with Gasteiger partial charge in [-0.2, -0.15) is 0 Å². The van der Waals surface area contributed by atoms with E-state index in [9.17, 15) is 10.2 Å². The molecule has 0 amide bonds. The summed E-state index contributed by atoms with van der Waals surface area (Å²) in [5, 5.41) is 18.6. The van der Waals surface area contributed by atoms with Gasteiger partial charge in [0.1, 0.15) is 11.5 Å². The highest BCUT2D eigenvalue weighted by Gasteiger charge is 2.06. The molecule has 4 heteroatoms. The maximum absolute atomic E-state index is 9.30. The van der Waals surface area contributed by atoms with Crippen molar-refractivity contribution >= 4 is 31.9 Å². The molecule has 0 atom stereocenters. The fourth-order valence-corrected chi connectivity index (χ4v) is 2.84. The Kier molecular flexibility index (Phi) is 7.43. The zero-order valence-corrected chi connectivity index (χ0v) is 16.4. The number of benzene rings is 2. The zero-order valence-electron chi connectivity index (χ0n) is 13.3. The topological polar surface area (TPSA) is 40.5 Å². The molecule has 0 saturated carbocycles. The van der Waals surface area contributed by atoms with Crippen LogP contribution in [0.1, 0.15) is 50.7 Å². The molecule has 2 nitrogen and oxygen atoms in total. The highest BCUT2D eigenvalue weighted by molar-refractivity contribution is 9.11. The van der Waals surface area contributed by atoms with Gasteiger partial charge in [-0.05, 0) is 73.0 Å². The van der Waals surface area contributed by atoms with Crippen molar-refractivity contribution < 1.29 is 10.2 Å². The molecule has 2 aromatic rings. The van der Waals surface area contributed by atoms with Crippen LogP contribution >= 0.6 is 31.9 Å². The number of rotatable bonds is 2. The van der Waals surface area contributed by atoms with Crippen LogP contribution < -0.4 is 0 Å². The smallest absolute Gasteiger partial charge is 0.130 e. The molecule has 0 radical (unpaired) electrons. The molecule has 0 spiro atoms. The van der Waals surface area contributed by atoms with Gasteiger partial charge in [0, 0.05) is 0 Å². The van der Waals surface area contributed by atoms with E-state index in [1.165, 1.54) is 0 Å². The summed E-state index contributed by atoms with van der Waals surface area (Å²) in [6.07, 6.45) is 0. The predicted octanol–water partition coefficient (Wildman–Crippen LogP) is 6.56. The molecule has 120 valence electrons. The molecule has 2 N–H and O–H groups in total. The quantitative estimate of drug-likeness (QED) is 0.567. The fourth-order valence-electron chi connectivity index (χ4n) is 1.87. The van der Waals surface area contributed by atoms with Gasteiger partial charge in [-0.15, -0.1) is 0 Å². The summed E-state index contributed by atoms with van der Waals surface area (Å²) in [4.78, 5) is 0. The van der Waals surface area contributed by atoms with E-state index in [0.717, 1.165) is 20.1 Å². The van der Waals surface area contributed by atoms with Crippen molar-refractivity contribution in [3.8, 4) is 11.5 Å². The average molecular weight is 430 g/mol. The van der Waals surface area contributed by atoms with Gasteiger partial charge in [0.15, 0.2) is 0 Å². The van der Waals surface area contributed by atoms with Crippen molar-refractivity contribution in [2.45, 2.75) is 39.5 Å². The lowest BCUT2D eigenvalue weighted by atomic mass is 10.0. The van der Waals surface area contributed by atoms with Crippen LogP contribution in [-0.4, -0.2) is 10.2 Å². The van der Waals surface area contributed by atoms with Gasteiger partial charge >= 0.3 is 0 Å². The van der Waals surface area contributed by atoms with Gasteiger partial charge in [-0.25, -0.2) is 0 Å². The third-order valence-electron chi connectivity index (χ3n) is 3.27. The SMILES string of the molecule is CC(C)c1ccc(Br)c(O)c1.CC(C)c1cccc(O)c1Br. The minimum absolute atomic E-state index is 0.316. The van der Waals surface area contributed by atoms with Gasteiger partial charge in [-0.1, -0.05) is 45.9 Å². The lowest BCUT2D eigenvalue weighted by Crippen LogP contribution is -1.87. The molecule has 0 aliphatic carbocycles. The predicted molar refractivity (Wildman–Crippen MR) is 99.8 cm³/mol. The van der Waals surface area contributed by atoms with Crippen molar-refractivity contribution in [2.75, 3.05) is 0 Å². The third-order valence-corrected chi connectivity index (χ3v) is 4.80. The van der Waals surface area contributed by atoms with Crippen LogP contribution in [0.4, 0.5) is 0 Å². The Bertz CT molecular complexity index is 622. The third kappa shape index (κ3) is 5.33. The van der Waals surface area contributed by atoms with Crippen molar-refractivity contribution in [3.05, 3.63) is 56.5 Å². The average Bonchev–Trinajstić information content (AvgIpc) is 2.45. The fraction of sp³-hybridized carbons (Fsp3) is 0.333. The zero-order chi connectivity index (χ0) is 16.9. The summed E-state index contributed by atoms with van der Waals surface area (Å²) < 4.78 is 1.57. The van der Waals surface area contributed by atoms with E-state index in [0.29, 0.717) is 23.3 Å². The first-order valence-electron chi connectivity index (χ1n) is 7.19. The molecule has 0 aromatic heterocycles. The summed E-state index contributed by atoms with van der Waals surface area (Å²) >= 11 is 6.56. The van der Waals surface area contributed by atoms with Gasteiger partial charge in [0.05, 0.1) is 8.95 Å². The van der Waals surface area contributed by atoms with Gasteiger partial charge in [-0.3, -0.25) is 0 Å². The molecular formula is C18H22Br2O2. The minimum atomic E-state index is 0.316. The maximum Gasteiger partial charge on any atom is 0.130 e. The molecule has 0 saturated heterocycles. The van der Waals surface area contributed by atoms with E-state index in [1.54, 1.807) is 12.1 Å². The number of hydrogen-bond acceptors (Lipinski definition) is 2. The van der Waals surface area contributed by atoms with E-state index >= 15 is 0 Å². The largest absolute Gasteiger partial charge is 0.507 e. The molecule has 22 heavy (non-hydrogen) atoms. The van der Waals surface area contributed by atoms with E-state index in [4.69, 9.17) is 0 Å². The lowest BCUT2D eigenvalue weighted by molar-refractivity contribution is 0.470. The van der Waals surface area contributed by atoms with Crippen molar-refractivity contribution in [1.82, 2.24) is 0 Å². The van der Waals surface area contributed by atoms with Gasteiger partial charge in [0.2, 0.25) is 0 Å². The van der Waals surface area contributed by atoms with E-state index < -0.39 is 0 Å². The van der Waals surface area contributed by atoms with Crippen LogP contribution in [0.5, 0.6) is 11.5 Å². The second-order valence-electron chi connectivity index (χ2n) is 5.70. The van der Waals surface area contributed by atoms with E-state index in [2.05, 4.69) is 59.6 Å². The van der Waals surface area contributed by atoms with E-state index in [1.807, 2.05) is 24.3 Å². The molecule has 0 heterocycles. The number of phenols is 2. The second-order valence-corrected chi connectivity index (χ2v) is 7.35. The molecule has 0 unspecified atom stereocenters. The summed E-state index contributed by atoms with van der Waals surface area (Å²) in [6, 6.07) is 11.2. The molecule has 0 aliphatic rings. The maximum atomic E-state index is 9.30. The first-order valence-corrected chi connectivity index (χ1v) is 8.78. The van der Waals surface area contributed by atoms with Crippen LogP contribution in [0.3, 0.4) is 0 Å². The summed E-state index contributed by atoms with van der Waals surface area (Å²) in [6.45, 7) is 8.39.